The zero-order chi connectivity index (χ0) is 17.3. The summed E-state index contributed by atoms with van der Waals surface area (Å²) in [5.41, 5.74) is -0.779. The quantitative estimate of drug-likeness (QED) is 0.852. The van der Waals surface area contributed by atoms with E-state index >= 15 is 0 Å². The van der Waals surface area contributed by atoms with Crippen molar-refractivity contribution in [1.82, 2.24) is 10.3 Å². The van der Waals surface area contributed by atoms with Crippen LogP contribution in [0.1, 0.15) is 22.5 Å². The lowest BCUT2D eigenvalue weighted by Crippen LogP contribution is -2.37. The summed E-state index contributed by atoms with van der Waals surface area (Å²) in [5, 5.41) is 2.84. The van der Waals surface area contributed by atoms with Gasteiger partial charge in [0.15, 0.2) is 10.4 Å². The highest BCUT2D eigenvalue weighted by Crippen LogP contribution is 2.30. The molecule has 1 N–H and O–H groups in total. The maximum absolute atomic E-state index is 12.6. The summed E-state index contributed by atoms with van der Waals surface area (Å²) in [6.07, 6.45) is -2.90. The molecule has 2 aromatic heterocycles. The second-order valence-corrected chi connectivity index (χ2v) is 6.19. The van der Waals surface area contributed by atoms with Crippen LogP contribution in [0.5, 0.6) is 0 Å². The molecule has 1 saturated heterocycles. The number of carbonyl (C=O) groups excluding carboxylic acids is 1. The highest BCUT2D eigenvalue weighted by atomic mass is 79.9. The maximum Gasteiger partial charge on any atom is 0.417 e. The van der Waals surface area contributed by atoms with Crippen LogP contribution >= 0.6 is 15.9 Å². The molecule has 1 aliphatic heterocycles. The highest BCUT2D eigenvalue weighted by molar-refractivity contribution is 9.10. The van der Waals surface area contributed by atoms with Crippen LogP contribution in [0.3, 0.4) is 0 Å². The molecule has 9 heteroatoms. The number of hydrogen-bond acceptors (Lipinski definition) is 4. The van der Waals surface area contributed by atoms with Gasteiger partial charge in [-0.15, -0.1) is 0 Å². The summed E-state index contributed by atoms with van der Waals surface area (Å²) >= 11 is 3.13. The average Bonchev–Trinajstić information content (AvgIpc) is 3.16. The van der Waals surface area contributed by atoms with Gasteiger partial charge in [0.2, 0.25) is 0 Å². The van der Waals surface area contributed by atoms with Gasteiger partial charge in [0.05, 0.1) is 5.56 Å². The molecule has 0 aromatic carbocycles. The van der Waals surface area contributed by atoms with Gasteiger partial charge in [-0.3, -0.25) is 4.79 Å². The van der Waals surface area contributed by atoms with Crippen molar-refractivity contribution in [2.24, 2.45) is 0 Å². The van der Waals surface area contributed by atoms with Crippen LogP contribution < -0.4 is 10.2 Å². The third kappa shape index (κ3) is 3.72. The summed E-state index contributed by atoms with van der Waals surface area (Å²) < 4.78 is 43.3. The highest BCUT2D eigenvalue weighted by Gasteiger charge is 2.31. The van der Waals surface area contributed by atoms with Gasteiger partial charge < -0.3 is 14.6 Å². The summed E-state index contributed by atoms with van der Waals surface area (Å²) in [4.78, 5) is 17.7. The van der Waals surface area contributed by atoms with Crippen molar-refractivity contribution >= 4 is 27.7 Å². The van der Waals surface area contributed by atoms with E-state index in [1.807, 2.05) is 4.90 Å². The molecule has 128 valence electrons. The van der Waals surface area contributed by atoms with Crippen molar-refractivity contribution in [3.63, 3.8) is 0 Å². The van der Waals surface area contributed by atoms with Crippen LogP contribution in [0.15, 0.2) is 39.5 Å². The van der Waals surface area contributed by atoms with Crippen molar-refractivity contribution < 1.29 is 22.4 Å². The number of pyridine rings is 1. The fourth-order valence-corrected chi connectivity index (χ4v) is 2.83. The molecule has 0 saturated carbocycles. The molecular weight excluding hydrogens is 391 g/mol. The first kappa shape index (κ1) is 16.8. The first-order valence-electron chi connectivity index (χ1n) is 7.17. The molecule has 3 heterocycles. The van der Waals surface area contributed by atoms with Gasteiger partial charge in [-0.25, -0.2) is 4.98 Å². The molecule has 0 spiro atoms. The fraction of sp³-hybridized carbons (Fsp3) is 0.333. The molecule has 0 radical (unpaired) electrons. The Bertz CT molecular complexity index is 730. The van der Waals surface area contributed by atoms with E-state index in [1.165, 1.54) is 6.07 Å². The second kappa shape index (κ2) is 6.46. The number of halogens is 4. The Balaban J connectivity index is 1.60. The maximum atomic E-state index is 12.6. The lowest BCUT2D eigenvalue weighted by atomic mass is 10.2. The van der Waals surface area contributed by atoms with E-state index in [0.29, 0.717) is 30.0 Å². The van der Waals surface area contributed by atoms with Gasteiger partial charge in [0.25, 0.3) is 5.91 Å². The zero-order valence-electron chi connectivity index (χ0n) is 12.3. The number of furan rings is 1. The van der Waals surface area contributed by atoms with Crippen molar-refractivity contribution in [1.29, 1.82) is 0 Å². The average molecular weight is 404 g/mol. The Hall–Kier alpha value is -2.03. The van der Waals surface area contributed by atoms with Gasteiger partial charge in [-0.2, -0.15) is 13.2 Å². The topological polar surface area (TPSA) is 58.4 Å². The van der Waals surface area contributed by atoms with E-state index in [1.54, 1.807) is 12.1 Å². The van der Waals surface area contributed by atoms with Crippen LogP contribution in [0.25, 0.3) is 0 Å². The molecule has 5 nitrogen and oxygen atoms in total. The van der Waals surface area contributed by atoms with Crippen molar-refractivity contribution in [2.45, 2.75) is 18.6 Å². The fourth-order valence-electron chi connectivity index (χ4n) is 2.52. The summed E-state index contributed by atoms with van der Waals surface area (Å²) in [6, 6.07) is 5.42. The Morgan fingerprint density at radius 1 is 1.33 bits per heavy atom. The Morgan fingerprint density at radius 3 is 2.71 bits per heavy atom. The number of nitrogens with zero attached hydrogens (tertiary/aromatic N) is 2. The molecule has 2 aromatic rings. The largest absolute Gasteiger partial charge is 0.444 e. The predicted octanol–water partition coefficient (Wildman–Crippen LogP) is 3.46. The number of alkyl halides is 3. The van der Waals surface area contributed by atoms with Gasteiger partial charge in [0, 0.05) is 25.3 Å². The number of aromatic nitrogens is 1. The van der Waals surface area contributed by atoms with E-state index in [0.717, 1.165) is 12.3 Å². The van der Waals surface area contributed by atoms with E-state index < -0.39 is 11.7 Å². The molecule has 0 bridgehead atoms. The van der Waals surface area contributed by atoms with Crippen LogP contribution in [-0.2, 0) is 6.18 Å². The monoisotopic (exact) mass is 403 g/mol. The first-order chi connectivity index (χ1) is 11.3. The first-order valence-corrected chi connectivity index (χ1v) is 7.96. The van der Waals surface area contributed by atoms with Gasteiger partial charge in [-0.1, -0.05) is 0 Å². The van der Waals surface area contributed by atoms with Crippen LogP contribution in [0.4, 0.5) is 19.0 Å². The lowest BCUT2D eigenvalue weighted by Gasteiger charge is -2.18. The van der Waals surface area contributed by atoms with E-state index in [9.17, 15) is 18.0 Å². The number of anilines is 1. The van der Waals surface area contributed by atoms with E-state index in [2.05, 4.69) is 26.2 Å². The Morgan fingerprint density at radius 2 is 2.12 bits per heavy atom. The van der Waals surface area contributed by atoms with E-state index in [4.69, 9.17) is 4.42 Å². The van der Waals surface area contributed by atoms with Gasteiger partial charge in [0.1, 0.15) is 5.82 Å². The standard InChI is InChI=1S/C15H13BrF3N3O2/c16-12-3-2-11(24-12)14(23)21-10-5-6-22(8-10)13-4-1-9(7-20-13)15(17,18)19/h1-4,7,10H,5-6,8H2,(H,21,23). The molecular formula is C15H13BrF3N3O2. The molecule has 0 aliphatic carbocycles. The van der Waals surface area contributed by atoms with Crippen LogP contribution in [0, 0.1) is 0 Å². The van der Waals surface area contributed by atoms with Crippen molar-refractivity contribution in [2.75, 3.05) is 18.0 Å². The van der Waals surface area contributed by atoms with Crippen molar-refractivity contribution in [3.05, 3.63) is 46.5 Å². The smallest absolute Gasteiger partial charge is 0.417 e. The minimum absolute atomic E-state index is 0.120. The summed E-state index contributed by atoms with van der Waals surface area (Å²) in [7, 11) is 0. The van der Waals surface area contributed by atoms with Crippen molar-refractivity contribution in [3.8, 4) is 0 Å². The number of carbonyl (C=O) groups is 1. The second-order valence-electron chi connectivity index (χ2n) is 5.41. The molecule has 1 fully saturated rings. The molecule has 1 aliphatic rings. The van der Waals surface area contributed by atoms with Gasteiger partial charge >= 0.3 is 6.18 Å². The lowest BCUT2D eigenvalue weighted by molar-refractivity contribution is -0.137. The molecule has 1 atom stereocenters. The summed E-state index contributed by atoms with van der Waals surface area (Å²) in [5.74, 6) is 0.335. The van der Waals surface area contributed by atoms with Crippen LogP contribution in [-0.4, -0.2) is 30.0 Å². The Kier molecular flexibility index (Phi) is 4.53. The molecule has 1 amide bonds. The number of hydrogen-bond donors (Lipinski definition) is 1. The minimum atomic E-state index is -4.40. The Labute approximate surface area is 144 Å². The van der Waals surface area contributed by atoms with Crippen LogP contribution in [0.2, 0.25) is 0 Å². The van der Waals surface area contributed by atoms with Gasteiger partial charge in [-0.05, 0) is 46.6 Å². The predicted molar refractivity (Wildman–Crippen MR) is 83.7 cm³/mol. The molecule has 1 unspecified atom stereocenters. The zero-order valence-corrected chi connectivity index (χ0v) is 13.9. The molecule has 24 heavy (non-hydrogen) atoms. The minimum Gasteiger partial charge on any atom is -0.444 e. The third-order valence-electron chi connectivity index (χ3n) is 3.72. The molecule has 3 rings (SSSR count). The number of amides is 1. The SMILES string of the molecule is O=C(NC1CCN(c2ccc(C(F)(F)F)cn2)C1)c1ccc(Br)o1. The third-order valence-corrected chi connectivity index (χ3v) is 4.15. The normalized spacial score (nSPS) is 18.0. The number of nitrogens with one attached hydrogen (secondary N) is 1. The number of rotatable bonds is 3. The van der Waals surface area contributed by atoms with E-state index in [-0.39, 0.29) is 17.7 Å². The summed E-state index contributed by atoms with van der Waals surface area (Å²) in [6.45, 7) is 1.08.